The van der Waals surface area contributed by atoms with E-state index in [4.69, 9.17) is 0 Å². The highest BCUT2D eigenvalue weighted by Gasteiger charge is 2.62. The third-order valence-corrected chi connectivity index (χ3v) is 10.3. The number of fused-ring (bicyclic) bond motifs is 2. The first kappa shape index (κ1) is 32.4. The van der Waals surface area contributed by atoms with Gasteiger partial charge in [0.25, 0.3) is 5.91 Å². The SMILES string of the molecule is CCN1C(=O)N(Cc2ccccc2)C(=O)C12CC1CCC(C2)N1CC[C@H](NC(=O)C1CCC(F)(F)CC1)c1ccccc1.Cl. The number of hydrogen-bond acceptors (Lipinski definition) is 4. The molecule has 238 valence electrons. The van der Waals surface area contributed by atoms with Crippen molar-refractivity contribution < 1.29 is 23.2 Å². The maximum absolute atomic E-state index is 14.0. The first-order valence-corrected chi connectivity index (χ1v) is 15.9. The summed E-state index contributed by atoms with van der Waals surface area (Å²) in [5.74, 6) is -3.27. The lowest BCUT2D eigenvalue weighted by molar-refractivity contribution is -0.137. The van der Waals surface area contributed by atoms with E-state index in [1.807, 2.05) is 72.5 Å². The number of nitrogens with one attached hydrogen (secondary N) is 1. The monoisotopic (exact) mass is 628 g/mol. The molecule has 3 saturated heterocycles. The van der Waals surface area contributed by atoms with Crippen molar-refractivity contribution in [3.05, 3.63) is 71.8 Å². The number of rotatable bonds is 9. The summed E-state index contributed by atoms with van der Waals surface area (Å²) >= 11 is 0. The normalized spacial score (nSPS) is 27.4. The zero-order valence-electron chi connectivity index (χ0n) is 25.3. The Morgan fingerprint density at radius 2 is 1.52 bits per heavy atom. The lowest BCUT2D eigenvalue weighted by Gasteiger charge is -2.47. The van der Waals surface area contributed by atoms with Crippen LogP contribution in [0.25, 0.3) is 0 Å². The van der Waals surface area contributed by atoms with Crippen molar-refractivity contribution in [3.8, 4) is 0 Å². The molecule has 1 N–H and O–H groups in total. The van der Waals surface area contributed by atoms with Gasteiger partial charge in [0.05, 0.1) is 12.6 Å². The summed E-state index contributed by atoms with van der Waals surface area (Å²) in [7, 11) is 0. The Balaban J connectivity index is 0.00000384. The largest absolute Gasteiger partial charge is 0.349 e. The second-order valence-electron chi connectivity index (χ2n) is 12.9. The first-order chi connectivity index (χ1) is 20.7. The van der Waals surface area contributed by atoms with E-state index >= 15 is 0 Å². The average molecular weight is 629 g/mol. The molecule has 2 aromatic rings. The summed E-state index contributed by atoms with van der Waals surface area (Å²) in [4.78, 5) is 46.5. The Kier molecular flexibility index (Phi) is 9.66. The molecule has 2 aromatic carbocycles. The number of carbonyl (C=O) groups is 3. The van der Waals surface area contributed by atoms with Gasteiger partial charge in [-0.25, -0.2) is 13.6 Å². The van der Waals surface area contributed by atoms with Crippen LogP contribution in [0.15, 0.2) is 60.7 Å². The van der Waals surface area contributed by atoms with Gasteiger partial charge in [-0.1, -0.05) is 60.7 Å². The van der Waals surface area contributed by atoms with E-state index < -0.39 is 11.5 Å². The highest BCUT2D eigenvalue weighted by atomic mass is 35.5. The summed E-state index contributed by atoms with van der Waals surface area (Å²) in [5, 5.41) is 3.20. The lowest BCUT2D eigenvalue weighted by atomic mass is 9.81. The van der Waals surface area contributed by atoms with Crippen LogP contribution in [0.4, 0.5) is 13.6 Å². The van der Waals surface area contributed by atoms with Gasteiger partial charge in [0, 0.05) is 43.9 Å². The molecule has 0 radical (unpaired) electrons. The maximum Gasteiger partial charge on any atom is 0.327 e. The van der Waals surface area contributed by atoms with Crippen molar-refractivity contribution in [1.29, 1.82) is 0 Å². The van der Waals surface area contributed by atoms with Gasteiger partial charge in [0.15, 0.2) is 0 Å². The Bertz CT molecular complexity index is 1310. The minimum Gasteiger partial charge on any atom is -0.349 e. The van der Waals surface area contributed by atoms with E-state index in [9.17, 15) is 23.2 Å². The fourth-order valence-electron chi connectivity index (χ4n) is 8.08. The third-order valence-electron chi connectivity index (χ3n) is 10.3. The summed E-state index contributed by atoms with van der Waals surface area (Å²) in [6, 6.07) is 19.4. The molecule has 1 saturated carbocycles. The summed E-state index contributed by atoms with van der Waals surface area (Å²) in [6.45, 7) is 3.47. The van der Waals surface area contributed by atoms with Gasteiger partial charge in [0.2, 0.25) is 11.8 Å². The van der Waals surface area contributed by atoms with E-state index in [-0.39, 0.29) is 86.5 Å². The number of alkyl halides is 2. The minimum absolute atomic E-state index is 0. The Labute approximate surface area is 264 Å². The number of urea groups is 1. The zero-order valence-corrected chi connectivity index (χ0v) is 26.1. The van der Waals surface area contributed by atoms with Crippen LogP contribution < -0.4 is 5.32 Å². The van der Waals surface area contributed by atoms with Crippen molar-refractivity contribution in [2.24, 2.45) is 5.92 Å². The van der Waals surface area contributed by atoms with Gasteiger partial charge in [-0.15, -0.1) is 12.4 Å². The molecular formula is C34H43ClF2N4O3. The number of likely N-dealkylation sites (N-methyl/N-ethyl adjacent to an activating group) is 1. The number of halogens is 3. The summed E-state index contributed by atoms with van der Waals surface area (Å²) < 4.78 is 27.4. The maximum atomic E-state index is 14.0. The van der Waals surface area contributed by atoms with Crippen LogP contribution in [0.5, 0.6) is 0 Å². The van der Waals surface area contributed by atoms with Crippen molar-refractivity contribution in [1.82, 2.24) is 20.0 Å². The van der Waals surface area contributed by atoms with E-state index in [2.05, 4.69) is 10.2 Å². The molecule has 1 spiro atoms. The number of nitrogens with zero attached hydrogens (tertiary/aromatic N) is 3. The molecule has 3 heterocycles. The van der Waals surface area contributed by atoms with Crippen LogP contribution in [0, 0.1) is 5.92 Å². The van der Waals surface area contributed by atoms with E-state index in [1.165, 1.54) is 4.90 Å². The molecule has 7 nitrogen and oxygen atoms in total. The number of imide groups is 1. The van der Waals surface area contributed by atoms with E-state index in [0.29, 0.717) is 25.8 Å². The predicted octanol–water partition coefficient (Wildman–Crippen LogP) is 6.33. The first-order valence-electron chi connectivity index (χ1n) is 15.9. The molecule has 3 aliphatic heterocycles. The second kappa shape index (κ2) is 13.1. The van der Waals surface area contributed by atoms with E-state index in [1.54, 1.807) is 0 Å². The molecule has 2 unspecified atom stereocenters. The number of amides is 4. The molecule has 4 amide bonds. The molecular weight excluding hydrogens is 586 g/mol. The van der Waals surface area contributed by atoms with Gasteiger partial charge in [-0.3, -0.25) is 19.4 Å². The standard InChI is InChI=1S/C34H42F2N4O3.ClH/c1-2-40-32(43)39(23-24-9-5-3-6-10-24)31(42)33(40)21-27-13-14-28(22-33)38(27)20-17-29(25-11-7-4-8-12-25)37-30(41)26-15-18-34(35,36)19-16-26;/h3-12,26-29H,2,13-23H2,1H3,(H,37,41);1H/t27?,28?,29-,33?;/m0./s1. The molecule has 3 atom stereocenters. The van der Waals surface area contributed by atoms with E-state index in [0.717, 1.165) is 30.5 Å². The third kappa shape index (κ3) is 6.23. The number of piperidine rings is 1. The van der Waals surface area contributed by atoms with Crippen LogP contribution in [-0.2, 0) is 16.1 Å². The molecule has 6 rings (SSSR count). The highest BCUT2D eigenvalue weighted by molar-refractivity contribution is 6.07. The van der Waals surface area contributed by atoms with Crippen LogP contribution in [0.3, 0.4) is 0 Å². The molecule has 4 aliphatic rings. The van der Waals surface area contributed by atoms with Crippen LogP contribution >= 0.6 is 12.4 Å². The smallest absolute Gasteiger partial charge is 0.327 e. The average Bonchev–Trinajstić information content (AvgIpc) is 3.36. The second-order valence-corrected chi connectivity index (χ2v) is 12.9. The molecule has 1 aliphatic carbocycles. The van der Waals surface area contributed by atoms with Gasteiger partial charge in [-0.05, 0) is 63.0 Å². The van der Waals surface area contributed by atoms with Gasteiger partial charge < -0.3 is 10.2 Å². The minimum atomic E-state index is -2.67. The van der Waals surface area contributed by atoms with Gasteiger partial charge in [-0.2, -0.15) is 0 Å². The zero-order chi connectivity index (χ0) is 30.2. The Morgan fingerprint density at radius 3 is 2.11 bits per heavy atom. The fourth-order valence-corrected chi connectivity index (χ4v) is 8.08. The van der Waals surface area contributed by atoms with Crippen molar-refractivity contribution in [2.45, 2.75) is 101 Å². The quantitative estimate of drug-likeness (QED) is 0.330. The summed E-state index contributed by atoms with van der Waals surface area (Å²) in [6.07, 6.45) is 3.81. The predicted molar refractivity (Wildman–Crippen MR) is 166 cm³/mol. The van der Waals surface area contributed by atoms with Crippen LogP contribution in [-0.4, -0.2) is 69.2 Å². The van der Waals surface area contributed by atoms with Crippen molar-refractivity contribution in [2.75, 3.05) is 13.1 Å². The highest BCUT2D eigenvalue weighted by Crippen LogP contribution is 2.48. The topological polar surface area (TPSA) is 73.0 Å². The number of hydrogen-bond donors (Lipinski definition) is 1. The molecule has 0 aromatic heterocycles. The molecule has 44 heavy (non-hydrogen) atoms. The summed E-state index contributed by atoms with van der Waals surface area (Å²) in [5.41, 5.74) is 1.13. The van der Waals surface area contributed by atoms with Crippen molar-refractivity contribution in [3.63, 3.8) is 0 Å². The molecule has 4 fully saturated rings. The van der Waals surface area contributed by atoms with Gasteiger partial charge in [0.1, 0.15) is 5.54 Å². The Hall–Kier alpha value is -3.04. The lowest BCUT2D eigenvalue weighted by Crippen LogP contribution is -2.60. The van der Waals surface area contributed by atoms with Gasteiger partial charge >= 0.3 is 6.03 Å². The van der Waals surface area contributed by atoms with Crippen molar-refractivity contribution >= 4 is 30.3 Å². The Morgan fingerprint density at radius 1 is 0.932 bits per heavy atom. The molecule has 10 heteroatoms. The molecule has 2 bridgehead atoms. The van der Waals surface area contributed by atoms with Crippen LogP contribution in [0.2, 0.25) is 0 Å². The van der Waals surface area contributed by atoms with Crippen LogP contribution in [0.1, 0.15) is 81.9 Å². The number of carbonyl (C=O) groups excluding carboxylic acids is 3. The number of benzene rings is 2. The fraction of sp³-hybridized carbons (Fsp3) is 0.559.